The van der Waals surface area contributed by atoms with Crippen molar-refractivity contribution in [2.45, 2.75) is 11.7 Å². The Hall–Kier alpha value is -0.980. The molecule has 1 aromatic carbocycles. The van der Waals surface area contributed by atoms with Crippen molar-refractivity contribution in [2.24, 2.45) is 0 Å². The number of ether oxygens (including phenoxy) is 1. The van der Waals surface area contributed by atoms with Gasteiger partial charge in [0, 0.05) is 23.6 Å². The first-order valence-electron chi connectivity index (χ1n) is 5.41. The molecule has 0 radical (unpaired) electrons. The Morgan fingerprint density at radius 3 is 2.63 bits per heavy atom. The van der Waals surface area contributed by atoms with E-state index in [-0.39, 0.29) is 18.9 Å². The molecular formula is C11H11Cl2NO4S. The first kappa shape index (κ1) is 14.4. The molecule has 8 heteroatoms. The molecule has 0 saturated carbocycles. The number of nitrogens with zero attached hydrogens (tertiary/aromatic N) is 1. The van der Waals surface area contributed by atoms with Crippen LogP contribution in [0.1, 0.15) is 6.42 Å². The molecule has 19 heavy (non-hydrogen) atoms. The van der Waals surface area contributed by atoms with Gasteiger partial charge in [0.05, 0.1) is 17.8 Å². The van der Waals surface area contributed by atoms with Gasteiger partial charge in [0.1, 0.15) is 5.25 Å². The molecule has 0 N–H and O–H groups in total. The van der Waals surface area contributed by atoms with E-state index in [0.717, 1.165) is 0 Å². The van der Waals surface area contributed by atoms with E-state index in [1.165, 1.54) is 12.0 Å². The van der Waals surface area contributed by atoms with Crippen LogP contribution in [0.15, 0.2) is 18.2 Å². The predicted octanol–water partition coefficient (Wildman–Crippen LogP) is 2.02. The van der Waals surface area contributed by atoms with Crippen molar-refractivity contribution >= 4 is 42.9 Å². The number of halogens is 2. The summed E-state index contributed by atoms with van der Waals surface area (Å²) in [4.78, 5) is 13.2. The van der Waals surface area contributed by atoms with Crippen LogP contribution >= 0.6 is 22.3 Å². The Balaban J connectivity index is 2.39. The second-order valence-corrected chi connectivity index (χ2v) is 7.41. The smallest absolute Gasteiger partial charge is 0.237 e. The van der Waals surface area contributed by atoms with Gasteiger partial charge in [-0.2, -0.15) is 0 Å². The van der Waals surface area contributed by atoms with E-state index in [9.17, 15) is 13.2 Å². The number of carbonyl (C=O) groups is 1. The lowest BCUT2D eigenvalue weighted by Gasteiger charge is -2.19. The zero-order valence-electron chi connectivity index (χ0n) is 9.97. The Morgan fingerprint density at radius 1 is 1.42 bits per heavy atom. The van der Waals surface area contributed by atoms with Gasteiger partial charge in [0.15, 0.2) is 5.75 Å². The lowest BCUT2D eigenvalue weighted by Crippen LogP contribution is -2.27. The fourth-order valence-corrected chi connectivity index (χ4v) is 3.28. The Kier molecular flexibility index (Phi) is 3.94. The average Bonchev–Trinajstić information content (AvgIpc) is 2.70. The summed E-state index contributed by atoms with van der Waals surface area (Å²) < 4.78 is 27.8. The van der Waals surface area contributed by atoms with Gasteiger partial charge in [-0.15, -0.1) is 0 Å². The monoisotopic (exact) mass is 323 g/mol. The van der Waals surface area contributed by atoms with Crippen molar-refractivity contribution in [1.29, 1.82) is 0 Å². The largest absolute Gasteiger partial charge is 0.493 e. The van der Waals surface area contributed by atoms with Crippen molar-refractivity contribution in [1.82, 2.24) is 0 Å². The maximum atomic E-state index is 11.9. The molecule has 1 unspecified atom stereocenters. The summed E-state index contributed by atoms with van der Waals surface area (Å²) in [5.41, 5.74) is 0.447. The van der Waals surface area contributed by atoms with E-state index >= 15 is 0 Å². The molecule has 0 spiro atoms. The molecular weight excluding hydrogens is 313 g/mol. The molecule has 0 aromatic heterocycles. The molecule has 1 fully saturated rings. The van der Waals surface area contributed by atoms with Crippen molar-refractivity contribution in [3.8, 4) is 5.75 Å². The highest BCUT2D eigenvalue weighted by atomic mass is 35.7. The van der Waals surface area contributed by atoms with E-state index in [0.29, 0.717) is 16.5 Å². The minimum atomic E-state index is -3.77. The zero-order chi connectivity index (χ0) is 14.2. The molecule has 1 aliphatic heterocycles. The molecule has 1 aliphatic rings. The highest BCUT2D eigenvalue weighted by Gasteiger charge is 2.39. The summed E-state index contributed by atoms with van der Waals surface area (Å²) in [7, 11) is 2.96. The molecule has 5 nitrogen and oxygen atoms in total. The zero-order valence-corrected chi connectivity index (χ0v) is 12.3. The van der Waals surface area contributed by atoms with Crippen LogP contribution in [-0.2, 0) is 13.8 Å². The lowest BCUT2D eigenvalue weighted by atomic mass is 10.2. The van der Waals surface area contributed by atoms with Crippen LogP contribution in [0.2, 0.25) is 5.02 Å². The van der Waals surface area contributed by atoms with Crippen LogP contribution in [0.4, 0.5) is 5.69 Å². The number of benzene rings is 1. The Labute approximate surface area is 120 Å². The third kappa shape index (κ3) is 2.80. The number of rotatable bonds is 3. The topological polar surface area (TPSA) is 63.7 Å². The second kappa shape index (κ2) is 5.19. The first-order valence-corrected chi connectivity index (χ1v) is 8.16. The van der Waals surface area contributed by atoms with Gasteiger partial charge >= 0.3 is 0 Å². The number of hydrogen-bond acceptors (Lipinski definition) is 4. The molecule has 1 atom stereocenters. The number of methoxy groups -OCH3 is 1. The minimum Gasteiger partial charge on any atom is -0.493 e. The summed E-state index contributed by atoms with van der Waals surface area (Å²) in [5, 5.41) is -0.560. The quantitative estimate of drug-likeness (QED) is 0.798. The second-order valence-electron chi connectivity index (χ2n) is 4.10. The molecule has 104 valence electrons. The van der Waals surface area contributed by atoms with Gasteiger partial charge < -0.3 is 9.64 Å². The van der Waals surface area contributed by atoms with Crippen LogP contribution in [0.5, 0.6) is 5.75 Å². The van der Waals surface area contributed by atoms with E-state index in [1.54, 1.807) is 18.2 Å². The summed E-state index contributed by atoms with van der Waals surface area (Å²) >= 11 is 5.97. The summed E-state index contributed by atoms with van der Waals surface area (Å²) in [6.45, 7) is 0.00136. The van der Waals surface area contributed by atoms with Crippen molar-refractivity contribution in [3.63, 3.8) is 0 Å². The summed E-state index contributed by atoms with van der Waals surface area (Å²) in [6.07, 6.45) is -0.137. The normalized spacial score (nSPS) is 19.8. The van der Waals surface area contributed by atoms with E-state index in [4.69, 9.17) is 27.0 Å². The molecule has 2 rings (SSSR count). The van der Waals surface area contributed by atoms with Gasteiger partial charge in [-0.05, 0) is 12.1 Å². The van der Waals surface area contributed by atoms with Crippen LogP contribution in [0.3, 0.4) is 0 Å². The van der Waals surface area contributed by atoms with E-state index in [2.05, 4.69) is 0 Å². The van der Waals surface area contributed by atoms with Crippen LogP contribution < -0.4 is 9.64 Å². The SMILES string of the molecule is COc1c(Cl)cccc1N1CC(S(=O)(=O)Cl)CC1=O. The highest BCUT2D eigenvalue weighted by Crippen LogP contribution is 2.38. The molecule has 0 bridgehead atoms. The number of anilines is 1. The number of carbonyl (C=O) groups excluding carboxylic acids is 1. The van der Waals surface area contributed by atoms with E-state index < -0.39 is 14.3 Å². The lowest BCUT2D eigenvalue weighted by molar-refractivity contribution is -0.117. The fraction of sp³-hybridized carbons (Fsp3) is 0.364. The third-order valence-corrected chi connectivity index (χ3v) is 5.09. The van der Waals surface area contributed by atoms with Crippen LogP contribution in [0, 0.1) is 0 Å². The fourth-order valence-electron chi connectivity index (χ4n) is 2.01. The average molecular weight is 324 g/mol. The minimum absolute atomic E-state index is 0.00136. The Morgan fingerprint density at radius 2 is 2.11 bits per heavy atom. The van der Waals surface area contributed by atoms with Crippen molar-refractivity contribution in [3.05, 3.63) is 23.2 Å². The molecule has 0 aliphatic carbocycles. The number of amides is 1. The number of hydrogen-bond donors (Lipinski definition) is 0. The van der Waals surface area contributed by atoms with Gasteiger partial charge in [0.2, 0.25) is 15.0 Å². The van der Waals surface area contributed by atoms with E-state index in [1.807, 2.05) is 0 Å². The molecule has 1 heterocycles. The van der Waals surface area contributed by atoms with Crippen molar-refractivity contribution in [2.75, 3.05) is 18.6 Å². The first-order chi connectivity index (χ1) is 8.84. The maximum Gasteiger partial charge on any atom is 0.237 e. The maximum absolute atomic E-state index is 11.9. The van der Waals surface area contributed by atoms with Gasteiger partial charge in [0.25, 0.3) is 0 Å². The standard InChI is InChI=1S/C11H11Cl2NO4S/c1-18-11-8(12)3-2-4-9(11)14-6-7(5-10(14)15)19(13,16)17/h2-4,7H,5-6H2,1H3. The van der Waals surface area contributed by atoms with Crippen LogP contribution in [0.25, 0.3) is 0 Å². The van der Waals surface area contributed by atoms with Gasteiger partial charge in [-0.25, -0.2) is 8.42 Å². The molecule has 1 amide bonds. The summed E-state index contributed by atoms with van der Waals surface area (Å²) in [6, 6.07) is 4.93. The van der Waals surface area contributed by atoms with Gasteiger partial charge in [-0.3, -0.25) is 4.79 Å². The Bertz CT molecular complexity index is 617. The van der Waals surface area contributed by atoms with Crippen molar-refractivity contribution < 1.29 is 17.9 Å². The third-order valence-electron chi connectivity index (χ3n) is 2.93. The molecule has 1 aromatic rings. The number of para-hydroxylation sites is 1. The highest BCUT2D eigenvalue weighted by molar-refractivity contribution is 8.14. The molecule has 1 saturated heterocycles. The van der Waals surface area contributed by atoms with Gasteiger partial charge in [-0.1, -0.05) is 17.7 Å². The summed E-state index contributed by atoms with van der Waals surface area (Å²) in [5.74, 6) is 0.0138. The van der Waals surface area contributed by atoms with Crippen LogP contribution in [-0.4, -0.2) is 33.2 Å². The predicted molar refractivity (Wildman–Crippen MR) is 73.5 cm³/mol.